The fourth-order valence-electron chi connectivity index (χ4n) is 3.49. The number of likely N-dealkylation sites (N-methyl/N-ethyl adjacent to an activating group) is 1. The number of hydrogen-bond acceptors (Lipinski definition) is 2. The molecule has 0 spiro atoms. The SMILES string of the molecule is CCCCCN(C)[C@@H]1Cc2ccccc2[C@H]1Sc1ccccc1. The maximum absolute atomic E-state index is 2.59. The molecular weight excluding hydrogens is 298 g/mol. The Morgan fingerprint density at radius 3 is 2.52 bits per heavy atom. The number of thioether (sulfide) groups is 1. The zero-order chi connectivity index (χ0) is 16.1. The van der Waals surface area contributed by atoms with E-state index in [1.807, 2.05) is 11.8 Å². The van der Waals surface area contributed by atoms with Crippen molar-refractivity contribution >= 4 is 11.8 Å². The van der Waals surface area contributed by atoms with Crippen molar-refractivity contribution in [2.24, 2.45) is 0 Å². The average Bonchev–Trinajstić information content (AvgIpc) is 2.95. The molecule has 2 heteroatoms. The van der Waals surface area contributed by atoms with Gasteiger partial charge < -0.3 is 4.90 Å². The van der Waals surface area contributed by atoms with Crippen molar-refractivity contribution in [2.75, 3.05) is 13.6 Å². The third kappa shape index (κ3) is 3.99. The van der Waals surface area contributed by atoms with Crippen molar-refractivity contribution in [3.63, 3.8) is 0 Å². The first-order chi connectivity index (χ1) is 11.3. The van der Waals surface area contributed by atoms with Crippen LogP contribution in [0, 0.1) is 0 Å². The molecule has 0 aromatic heterocycles. The number of rotatable bonds is 7. The Bertz CT molecular complexity index is 610. The van der Waals surface area contributed by atoms with Gasteiger partial charge in [-0.25, -0.2) is 0 Å². The van der Waals surface area contributed by atoms with Gasteiger partial charge in [0.15, 0.2) is 0 Å². The second kappa shape index (κ2) is 8.03. The Kier molecular flexibility index (Phi) is 5.80. The van der Waals surface area contributed by atoms with Gasteiger partial charge in [-0.15, -0.1) is 11.8 Å². The summed E-state index contributed by atoms with van der Waals surface area (Å²) in [7, 11) is 2.31. The Hall–Kier alpha value is -1.25. The molecule has 0 bridgehead atoms. The van der Waals surface area contributed by atoms with Crippen molar-refractivity contribution in [2.45, 2.75) is 48.8 Å². The topological polar surface area (TPSA) is 3.24 Å². The molecule has 1 nitrogen and oxygen atoms in total. The van der Waals surface area contributed by atoms with E-state index in [-0.39, 0.29) is 0 Å². The number of unbranched alkanes of at least 4 members (excludes halogenated alkanes) is 2. The normalized spacial score (nSPS) is 20.0. The van der Waals surface area contributed by atoms with Gasteiger partial charge >= 0.3 is 0 Å². The van der Waals surface area contributed by atoms with Gasteiger partial charge in [-0.1, -0.05) is 62.2 Å². The average molecular weight is 326 g/mol. The standard InChI is InChI=1S/C21H27NS/c1-3-4-10-15-22(2)20-16-17-11-8-9-14-19(17)21(20)23-18-12-6-5-7-13-18/h5-9,11-14,20-21H,3-4,10,15-16H2,1-2H3/t20-,21-/m1/s1. The first-order valence-electron chi connectivity index (χ1n) is 8.79. The molecule has 2 atom stereocenters. The predicted octanol–water partition coefficient (Wildman–Crippen LogP) is 5.57. The highest BCUT2D eigenvalue weighted by Gasteiger charge is 2.35. The molecule has 0 fully saturated rings. The van der Waals surface area contributed by atoms with E-state index in [4.69, 9.17) is 0 Å². The Balaban J connectivity index is 1.78. The van der Waals surface area contributed by atoms with Gasteiger partial charge in [0.05, 0.1) is 5.25 Å². The maximum Gasteiger partial charge on any atom is 0.0505 e. The molecule has 122 valence electrons. The summed E-state index contributed by atoms with van der Waals surface area (Å²) in [6.45, 7) is 3.48. The smallest absolute Gasteiger partial charge is 0.0505 e. The second-order valence-corrected chi connectivity index (χ2v) is 7.72. The van der Waals surface area contributed by atoms with E-state index in [1.165, 1.54) is 48.3 Å². The minimum Gasteiger partial charge on any atom is -0.302 e. The molecule has 0 saturated heterocycles. The van der Waals surface area contributed by atoms with Crippen LogP contribution in [0.4, 0.5) is 0 Å². The van der Waals surface area contributed by atoms with E-state index in [2.05, 4.69) is 73.5 Å². The number of benzene rings is 2. The van der Waals surface area contributed by atoms with Crippen molar-refractivity contribution in [3.8, 4) is 0 Å². The number of fused-ring (bicyclic) bond motifs is 1. The van der Waals surface area contributed by atoms with Gasteiger partial charge in [-0.05, 0) is 49.7 Å². The Morgan fingerprint density at radius 2 is 1.74 bits per heavy atom. The highest BCUT2D eigenvalue weighted by atomic mass is 32.2. The van der Waals surface area contributed by atoms with Crippen LogP contribution in [0.5, 0.6) is 0 Å². The Labute approximate surface area is 145 Å². The third-order valence-electron chi connectivity index (χ3n) is 4.83. The van der Waals surface area contributed by atoms with Gasteiger partial charge in [0.25, 0.3) is 0 Å². The summed E-state index contributed by atoms with van der Waals surface area (Å²) < 4.78 is 0. The highest BCUT2D eigenvalue weighted by molar-refractivity contribution is 7.99. The minimum absolute atomic E-state index is 0.542. The van der Waals surface area contributed by atoms with Crippen LogP contribution < -0.4 is 0 Å². The number of hydrogen-bond donors (Lipinski definition) is 0. The zero-order valence-electron chi connectivity index (χ0n) is 14.2. The van der Waals surface area contributed by atoms with E-state index < -0.39 is 0 Å². The molecule has 0 aliphatic heterocycles. The van der Waals surface area contributed by atoms with Gasteiger partial charge in [0, 0.05) is 10.9 Å². The summed E-state index contributed by atoms with van der Waals surface area (Å²) in [4.78, 5) is 3.97. The summed E-state index contributed by atoms with van der Waals surface area (Å²) in [5, 5.41) is 0.542. The lowest BCUT2D eigenvalue weighted by Crippen LogP contribution is -2.34. The highest BCUT2D eigenvalue weighted by Crippen LogP contribution is 2.46. The molecule has 0 amide bonds. The molecule has 1 aliphatic rings. The predicted molar refractivity (Wildman–Crippen MR) is 101 cm³/mol. The van der Waals surface area contributed by atoms with Crippen molar-refractivity contribution in [1.82, 2.24) is 4.90 Å². The summed E-state index contributed by atoms with van der Waals surface area (Å²) in [5.41, 5.74) is 3.07. The van der Waals surface area contributed by atoms with Crippen molar-refractivity contribution in [3.05, 3.63) is 65.7 Å². The van der Waals surface area contributed by atoms with Crippen molar-refractivity contribution < 1.29 is 0 Å². The first-order valence-corrected chi connectivity index (χ1v) is 9.67. The molecule has 23 heavy (non-hydrogen) atoms. The van der Waals surface area contributed by atoms with Gasteiger partial charge in [0.1, 0.15) is 0 Å². The molecule has 0 radical (unpaired) electrons. The molecule has 0 saturated carbocycles. The molecule has 2 aromatic carbocycles. The summed E-state index contributed by atoms with van der Waals surface area (Å²) in [5.74, 6) is 0. The monoisotopic (exact) mass is 325 g/mol. The lowest BCUT2D eigenvalue weighted by molar-refractivity contribution is 0.241. The largest absolute Gasteiger partial charge is 0.302 e. The van der Waals surface area contributed by atoms with Crippen LogP contribution in [0.3, 0.4) is 0 Å². The fourth-order valence-corrected chi connectivity index (χ4v) is 4.91. The van der Waals surface area contributed by atoms with Gasteiger partial charge in [-0.2, -0.15) is 0 Å². The van der Waals surface area contributed by atoms with E-state index >= 15 is 0 Å². The van der Waals surface area contributed by atoms with E-state index in [9.17, 15) is 0 Å². The van der Waals surface area contributed by atoms with Crippen LogP contribution in [0.15, 0.2) is 59.5 Å². The summed E-state index contributed by atoms with van der Waals surface area (Å²) >= 11 is 2.03. The lowest BCUT2D eigenvalue weighted by Gasteiger charge is -2.30. The maximum atomic E-state index is 2.59. The van der Waals surface area contributed by atoms with Crippen LogP contribution in [-0.2, 0) is 6.42 Å². The molecule has 0 heterocycles. The van der Waals surface area contributed by atoms with Crippen LogP contribution in [0.1, 0.15) is 42.6 Å². The van der Waals surface area contributed by atoms with Crippen molar-refractivity contribution in [1.29, 1.82) is 0 Å². The molecular formula is C21H27NS. The first kappa shape index (κ1) is 16.6. The molecule has 1 aliphatic carbocycles. The zero-order valence-corrected chi connectivity index (χ0v) is 15.1. The van der Waals surface area contributed by atoms with E-state index in [0.717, 1.165) is 0 Å². The van der Waals surface area contributed by atoms with Crippen LogP contribution in [0.2, 0.25) is 0 Å². The molecule has 0 unspecified atom stereocenters. The van der Waals surface area contributed by atoms with E-state index in [1.54, 1.807) is 0 Å². The second-order valence-electron chi connectivity index (χ2n) is 6.51. The summed E-state index contributed by atoms with van der Waals surface area (Å²) in [6.07, 6.45) is 5.12. The molecule has 2 aromatic rings. The fraction of sp³-hybridized carbons (Fsp3) is 0.429. The minimum atomic E-state index is 0.542. The summed E-state index contributed by atoms with van der Waals surface area (Å²) in [6, 6.07) is 20.5. The quantitative estimate of drug-likeness (QED) is 0.613. The van der Waals surface area contributed by atoms with E-state index in [0.29, 0.717) is 11.3 Å². The lowest BCUT2D eigenvalue weighted by atomic mass is 10.1. The molecule has 3 rings (SSSR count). The third-order valence-corrected chi connectivity index (χ3v) is 6.19. The van der Waals surface area contributed by atoms with Gasteiger partial charge in [0.2, 0.25) is 0 Å². The Morgan fingerprint density at radius 1 is 1.00 bits per heavy atom. The van der Waals surface area contributed by atoms with Crippen LogP contribution in [-0.4, -0.2) is 24.5 Å². The molecule has 0 N–H and O–H groups in total. The van der Waals surface area contributed by atoms with Gasteiger partial charge in [-0.3, -0.25) is 0 Å². The number of nitrogens with zero attached hydrogens (tertiary/aromatic N) is 1. The van der Waals surface area contributed by atoms with Crippen LogP contribution >= 0.6 is 11.8 Å². The van der Waals surface area contributed by atoms with Crippen LogP contribution in [0.25, 0.3) is 0 Å².